The molecule has 1 aromatic carbocycles. The summed E-state index contributed by atoms with van der Waals surface area (Å²) < 4.78 is 11.3. The zero-order valence-electron chi connectivity index (χ0n) is 12.6. The number of nitrogens with one attached hydrogen (secondary N) is 1. The van der Waals surface area contributed by atoms with Crippen LogP contribution in [0.1, 0.15) is 44.1 Å². The molecule has 1 unspecified atom stereocenters. The van der Waals surface area contributed by atoms with Crippen molar-refractivity contribution < 1.29 is 9.47 Å². The van der Waals surface area contributed by atoms with E-state index in [1.807, 2.05) is 6.07 Å². The molecule has 1 heterocycles. The minimum absolute atomic E-state index is 0.584. The van der Waals surface area contributed by atoms with Gasteiger partial charge in [0.15, 0.2) is 0 Å². The first-order valence-electron chi connectivity index (χ1n) is 7.92. The van der Waals surface area contributed by atoms with Crippen LogP contribution in [0, 0.1) is 0 Å². The van der Waals surface area contributed by atoms with Crippen LogP contribution in [0.25, 0.3) is 0 Å². The largest absolute Gasteiger partial charge is 0.493 e. The predicted octanol–water partition coefficient (Wildman–Crippen LogP) is 3.35. The van der Waals surface area contributed by atoms with E-state index in [2.05, 4.69) is 30.4 Å². The van der Waals surface area contributed by atoms with Crippen LogP contribution in [0.15, 0.2) is 24.3 Å². The molecule has 0 aliphatic carbocycles. The average molecular weight is 277 g/mol. The molecule has 2 rings (SSSR count). The Kier molecular flexibility index (Phi) is 6.89. The van der Waals surface area contributed by atoms with Gasteiger partial charge in [0.25, 0.3) is 0 Å². The quantitative estimate of drug-likeness (QED) is 0.702. The van der Waals surface area contributed by atoms with E-state index in [9.17, 15) is 0 Å². The summed E-state index contributed by atoms with van der Waals surface area (Å²) in [5.41, 5.74) is 1.35. The van der Waals surface area contributed by atoms with Gasteiger partial charge < -0.3 is 14.8 Å². The highest BCUT2D eigenvalue weighted by molar-refractivity contribution is 5.37. The molecule has 1 aliphatic rings. The maximum atomic E-state index is 5.69. The van der Waals surface area contributed by atoms with Crippen LogP contribution in [0.3, 0.4) is 0 Å². The van der Waals surface area contributed by atoms with Crippen molar-refractivity contribution in [3.8, 4) is 5.75 Å². The number of unbranched alkanes of at least 4 members (excludes halogenated alkanes) is 1. The van der Waals surface area contributed by atoms with Gasteiger partial charge in [0.05, 0.1) is 6.61 Å². The lowest BCUT2D eigenvalue weighted by atomic mass is 9.93. The molecular weight excluding hydrogens is 250 g/mol. The van der Waals surface area contributed by atoms with Crippen molar-refractivity contribution in [1.29, 1.82) is 0 Å². The summed E-state index contributed by atoms with van der Waals surface area (Å²) in [6, 6.07) is 8.40. The van der Waals surface area contributed by atoms with Crippen molar-refractivity contribution in [3.05, 3.63) is 29.8 Å². The Labute approximate surface area is 122 Å². The van der Waals surface area contributed by atoms with Crippen molar-refractivity contribution >= 4 is 0 Å². The minimum atomic E-state index is 0.584. The fraction of sp³-hybridized carbons (Fsp3) is 0.647. The monoisotopic (exact) mass is 277 g/mol. The zero-order valence-corrected chi connectivity index (χ0v) is 12.6. The first-order valence-corrected chi connectivity index (χ1v) is 7.92. The second-order valence-corrected chi connectivity index (χ2v) is 5.40. The lowest BCUT2D eigenvalue weighted by Crippen LogP contribution is -2.27. The highest BCUT2D eigenvalue weighted by atomic mass is 16.5. The molecule has 1 N–H and O–H groups in total. The van der Waals surface area contributed by atoms with Crippen LogP contribution in [0.2, 0.25) is 0 Å². The van der Waals surface area contributed by atoms with Gasteiger partial charge in [-0.1, -0.05) is 31.5 Å². The number of hydrogen-bond donors (Lipinski definition) is 1. The fourth-order valence-electron chi connectivity index (χ4n) is 2.55. The van der Waals surface area contributed by atoms with Crippen molar-refractivity contribution in [1.82, 2.24) is 5.32 Å². The van der Waals surface area contributed by atoms with Crippen LogP contribution in [-0.2, 0) is 4.74 Å². The van der Waals surface area contributed by atoms with E-state index in [1.165, 1.54) is 18.4 Å². The van der Waals surface area contributed by atoms with Crippen molar-refractivity contribution in [2.45, 2.75) is 38.5 Å². The Balaban J connectivity index is 1.61. The van der Waals surface area contributed by atoms with E-state index in [-0.39, 0.29) is 0 Å². The van der Waals surface area contributed by atoms with E-state index >= 15 is 0 Å². The molecular formula is C17H27NO2. The number of rotatable bonds is 9. The Bertz CT molecular complexity index is 381. The molecule has 0 amide bonds. The summed E-state index contributed by atoms with van der Waals surface area (Å²) in [7, 11) is 0. The molecule has 0 radical (unpaired) electrons. The molecule has 3 heteroatoms. The second-order valence-electron chi connectivity index (χ2n) is 5.40. The molecule has 1 aromatic rings. The molecule has 0 aromatic heterocycles. The van der Waals surface area contributed by atoms with Gasteiger partial charge in [-0.2, -0.15) is 0 Å². The van der Waals surface area contributed by atoms with Crippen LogP contribution < -0.4 is 10.1 Å². The Morgan fingerprint density at radius 2 is 2.10 bits per heavy atom. The lowest BCUT2D eigenvalue weighted by molar-refractivity contribution is 0.128. The Morgan fingerprint density at radius 1 is 1.25 bits per heavy atom. The first-order chi connectivity index (χ1) is 9.92. The number of benzene rings is 1. The number of ether oxygens (including phenoxy) is 2. The maximum absolute atomic E-state index is 5.69. The molecule has 1 atom stereocenters. The van der Waals surface area contributed by atoms with E-state index < -0.39 is 0 Å². The third kappa shape index (κ3) is 4.80. The molecule has 1 aliphatic heterocycles. The second kappa shape index (κ2) is 8.98. The number of hydrogen-bond acceptors (Lipinski definition) is 3. The highest BCUT2D eigenvalue weighted by Crippen LogP contribution is 2.32. The van der Waals surface area contributed by atoms with E-state index in [0.29, 0.717) is 5.92 Å². The summed E-state index contributed by atoms with van der Waals surface area (Å²) in [6.45, 7) is 6.88. The summed E-state index contributed by atoms with van der Waals surface area (Å²) in [4.78, 5) is 0. The molecule has 0 fully saturated rings. The van der Waals surface area contributed by atoms with Gasteiger partial charge in [-0.3, -0.25) is 0 Å². The van der Waals surface area contributed by atoms with Crippen LogP contribution in [0.5, 0.6) is 5.75 Å². The Morgan fingerprint density at radius 3 is 3.00 bits per heavy atom. The molecule has 3 nitrogen and oxygen atoms in total. The highest BCUT2D eigenvalue weighted by Gasteiger charge is 2.20. The third-order valence-electron chi connectivity index (χ3n) is 3.76. The molecule has 0 saturated carbocycles. The van der Waals surface area contributed by atoms with Crippen LogP contribution in [0.4, 0.5) is 0 Å². The van der Waals surface area contributed by atoms with Crippen molar-refractivity contribution in [3.63, 3.8) is 0 Å². The summed E-state index contributed by atoms with van der Waals surface area (Å²) in [5, 5.41) is 3.55. The van der Waals surface area contributed by atoms with Gasteiger partial charge in [-0.15, -0.1) is 0 Å². The molecule has 112 valence electrons. The number of para-hydroxylation sites is 1. The summed E-state index contributed by atoms with van der Waals surface area (Å²) >= 11 is 0. The Hall–Kier alpha value is -1.06. The van der Waals surface area contributed by atoms with Crippen molar-refractivity contribution in [2.24, 2.45) is 0 Å². The SMILES string of the molecule is CCCCOCCCNCC1CCOc2ccccc21. The van der Waals surface area contributed by atoms with Gasteiger partial charge in [-0.05, 0) is 37.4 Å². The summed E-state index contributed by atoms with van der Waals surface area (Å²) in [5.74, 6) is 1.65. The van der Waals surface area contributed by atoms with Gasteiger partial charge in [0.1, 0.15) is 5.75 Å². The van der Waals surface area contributed by atoms with Crippen LogP contribution >= 0.6 is 0 Å². The average Bonchev–Trinajstić information content (AvgIpc) is 2.50. The van der Waals surface area contributed by atoms with Gasteiger partial charge in [0, 0.05) is 25.7 Å². The molecule has 0 bridgehead atoms. The minimum Gasteiger partial charge on any atom is -0.493 e. The first kappa shape index (κ1) is 15.3. The topological polar surface area (TPSA) is 30.5 Å². The summed E-state index contributed by atoms with van der Waals surface area (Å²) in [6.07, 6.45) is 4.58. The number of fused-ring (bicyclic) bond motifs is 1. The van der Waals surface area contributed by atoms with Crippen LogP contribution in [-0.4, -0.2) is 32.9 Å². The predicted molar refractivity (Wildman–Crippen MR) is 82.5 cm³/mol. The van der Waals surface area contributed by atoms with Gasteiger partial charge in [0.2, 0.25) is 0 Å². The zero-order chi connectivity index (χ0) is 14.0. The normalized spacial score (nSPS) is 17.6. The molecule has 20 heavy (non-hydrogen) atoms. The maximum Gasteiger partial charge on any atom is 0.122 e. The molecule has 0 saturated heterocycles. The smallest absolute Gasteiger partial charge is 0.122 e. The van der Waals surface area contributed by atoms with Crippen molar-refractivity contribution in [2.75, 3.05) is 32.9 Å². The van der Waals surface area contributed by atoms with E-state index in [1.54, 1.807) is 0 Å². The standard InChI is InChI=1S/C17H27NO2/c1-2-3-11-19-12-6-10-18-14-15-9-13-20-17-8-5-4-7-16(15)17/h4-5,7-8,15,18H,2-3,6,9-14H2,1H3. The third-order valence-corrected chi connectivity index (χ3v) is 3.76. The lowest BCUT2D eigenvalue weighted by Gasteiger charge is -2.26. The van der Waals surface area contributed by atoms with E-state index in [0.717, 1.165) is 51.5 Å². The van der Waals surface area contributed by atoms with E-state index in [4.69, 9.17) is 9.47 Å². The van der Waals surface area contributed by atoms with Gasteiger partial charge >= 0.3 is 0 Å². The van der Waals surface area contributed by atoms with Gasteiger partial charge in [-0.25, -0.2) is 0 Å². The molecule has 0 spiro atoms. The fourth-order valence-corrected chi connectivity index (χ4v) is 2.55.